The van der Waals surface area contributed by atoms with E-state index < -0.39 is 0 Å². The normalized spacial score (nSPS) is 15.6. The maximum Gasteiger partial charge on any atom is 0.244 e. The Bertz CT molecular complexity index is 997. The van der Waals surface area contributed by atoms with Gasteiger partial charge in [-0.2, -0.15) is 15.0 Å². The third-order valence-electron chi connectivity index (χ3n) is 5.72. The number of nitrogens with zero attached hydrogens (tertiary/aromatic N) is 9. The third kappa shape index (κ3) is 2.98. The zero-order valence-electron chi connectivity index (χ0n) is 17.6. The highest BCUT2D eigenvalue weighted by molar-refractivity contribution is 5.46. The predicted octanol–water partition coefficient (Wildman–Crippen LogP) is 2.08. The van der Waals surface area contributed by atoms with Crippen LogP contribution < -0.4 is 9.80 Å². The molecule has 3 aromatic rings. The standard InChI is InChI=1S/C19H29N9/c1-7-25(5)19-22-15(21-17-20-13(3)14(4)28(17)19)12(2)16-23-18(24-26(16)6)27-10-8-9-11-27/h12H,7-11H2,1-6H3. The molecular weight excluding hydrogens is 354 g/mol. The van der Waals surface area contributed by atoms with Crippen molar-refractivity contribution in [3.63, 3.8) is 0 Å². The first-order chi connectivity index (χ1) is 13.4. The van der Waals surface area contributed by atoms with Crippen molar-refractivity contribution in [1.82, 2.24) is 34.1 Å². The molecule has 0 N–H and O–H groups in total. The van der Waals surface area contributed by atoms with Crippen molar-refractivity contribution in [3.8, 4) is 0 Å². The quantitative estimate of drug-likeness (QED) is 0.667. The van der Waals surface area contributed by atoms with E-state index in [-0.39, 0.29) is 5.92 Å². The summed E-state index contributed by atoms with van der Waals surface area (Å²) >= 11 is 0. The number of fused-ring (bicyclic) bond motifs is 1. The van der Waals surface area contributed by atoms with Crippen molar-refractivity contribution in [3.05, 3.63) is 23.0 Å². The zero-order valence-corrected chi connectivity index (χ0v) is 17.6. The number of hydrogen-bond donors (Lipinski definition) is 0. The molecule has 0 bridgehead atoms. The molecule has 0 amide bonds. The number of rotatable bonds is 5. The van der Waals surface area contributed by atoms with Gasteiger partial charge >= 0.3 is 0 Å². The van der Waals surface area contributed by atoms with E-state index in [1.165, 1.54) is 12.8 Å². The molecule has 28 heavy (non-hydrogen) atoms. The van der Waals surface area contributed by atoms with Gasteiger partial charge in [0.15, 0.2) is 0 Å². The van der Waals surface area contributed by atoms with Gasteiger partial charge < -0.3 is 9.80 Å². The summed E-state index contributed by atoms with van der Waals surface area (Å²) in [4.78, 5) is 23.5. The smallest absolute Gasteiger partial charge is 0.244 e. The first-order valence-corrected chi connectivity index (χ1v) is 10.0. The fourth-order valence-electron chi connectivity index (χ4n) is 3.70. The van der Waals surface area contributed by atoms with Gasteiger partial charge in [0.25, 0.3) is 0 Å². The van der Waals surface area contributed by atoms with Gasteiger partial charge in [0.05, 0.1) is 11.6 Å². The predicted molar refractivity (Wildman–Crippen MR) is 109 cm³/mol. The molecule has 3 aromatic heterocycles. The van der Waals surface area contributed by atoms with Gasteiger partial charge in [0.1, 0.15) is 11.6 Å². The summed E-state index contributed by atoms with van der Waals surface area (Å²) in [5.41, 5.74) is 2.04. The van der Waals surface area contributed by atoms with Crippen molar-refractivity contribution in [1.29, 1.82) is 0 Å². The second-order valence-electron chi connectivity index (χ2n) is 7.62. The monoisotopic (exact) mass is 383 g/mol. The van der Waals surface area contributed by atoms with E-state index in [1.54, 1.807) is 0 Å². The lowest BCUT2D eigenvalue weighted by Gasteiger charge is -2.19. The molecule has 0 aromatic carbocycles. The van der Waals surface area contributed by atoms with Crippen molar-refractivity contribution in [2.45, 2.75) is 46.5 Å². The van der Waals surface area contributed by atoms with Gasteiger partial charge in [0.2, 0.25) is 17.7 Å². The highest BCUT2D eigenvalue weighted by Crippen LogP contribution is 2.26. The van der Waals surface area contributed by atoms with Crippen molar-refractivity contribution in [2.75, 3.05) is 36.5 Å². The maximum atomic E-state index is 4.91. The van der Waals surface area contributed by atoms with E-state index in [9.17, 15) is 0 Å². The second kappa shape index (κ2) is 7.03. The van der Waals surface area contributed by atoms with E-state index in [2.05, 4.69) is 40.7 Å². The van der Waals surface area contributed by atoms with E-state index in [1.807, 2.05) is 30.1 Å². The number of aryl methyl sites for hydroxylation is 3. The number of aromatic nitrogens is 7. The Morgan fingerprint density at radius 3 is 2.46 bits per heavy atom. The molecule has 0 saturated carbocycles. The average molecular weight is 384 g/mol. The molecule has 150 valence electrons. The SMILES string of the molecule is CCN(C)c1nc(C(C)c2nc(N3CCCC3)nn2C)nc2nc(C)c(C)n12. The van der Waals surface area contributed by atoms with E-state index in [0.717, 1.165) is 54.6 Å². The highest BCUT2D eigenvalue weighted by atomic mass is 15.4. The third-order valence-corrected chi connectivity index (χ3v) is 5.72. The molecule has 4 rings (SSSR count). The Hall–Kier alpha value is -2.71. The van der Waals surface area contributed by atoms with Crippen LogP contribution in [0, 0.1) is 13.8 Å². The van der Waals surface area contributed by atoms with Gasteiger partial charge in [-0.15, -0.1) is 5.10 Å². The fourth-order valence-corrected chi connectivity index (χ4v) is 3.70. The molecule has 1 saturated heterocycles. The molecular formula is C19H29N9. The summed E-state index contributed by atoms with van der Waals surface area (Å²) < 4.78 is 3.89. The Morgan fingerprint density at radius 2 is 1.79 bits per heavy atom. The van der Waals surface area contributed by atoms with Crippen LogP contribution >= 0.6 is 0 Å². The van der Waals surface area contributed by atoms with Gasteiger partial charge in [-0.1, -0.05) is 0 Å². The molecule has 1 unspecified atom stereocenters. The lowest BCUT2D eigenvalue weighted by molar-refractivity contribution is 0.647. The molecule has 0 radical (unpaired) electrons. The van der Waals surface area contributed by atoms with Gasteiger partial charge in [-0.05, 0) is 40.5 Å². The molecule has 1 atom stereocenters. The van der Waals surface area contributed by atoms with Crippen molar-refractivity contribution < 1.29 is 0 Å². The molecule has 9 heteroatoms. The molecule has 1 aliphatic heterocycles. The topological polar surface area (TPSA) is 80.3 Å². The van der Waals surface area contributed by atoms with Crippen LogP contribution in [0.5, 0.6) is 0 Å². The van der Waals surface area contributed by atoms with Gasteiger partial charge in [-0.3, -0.25) is 9.08 Å². The Morgan fingerprint density at radius 1 is 1.07 bits per heavy atom. The Labute approximate surface area is 165 Å². The zero-order chi connectivity index (χ0) is 20.0. The fraction of sp³-hybridized carbons (Fsp3) is 0.632. The molecule has 9 nitrogen and oxygen atoms in total. The van der Waals surface area contributed by atoms with Gasteiger partial charge in [-0.25, -0.2) is 4.98 Å². The van der Waals surface area contributed by atoms with Crippen LogP contribution in [0.2, 0.25) is 0 Å². The number of hydrogen-bond acceptors (Lipinski definition) is 7. The molecule has 0 aliphatic carbocycles. The van der Waals surface area contributed by atoms with Crippen LogP contribution in [0.15, 0.2) is 0 Å². The molecule has 4 heterocycles. The maximum absolute atomic E-state index is 4.91. The summed E-state index contributed by atoms with van der Waals surface area (Å²) in [7, 11) is 3.98. The lowest BCUT2D eigenvalue weighted by Crippen LogP contribution is -2.23. The van der Waals surface area contributed by atoms with Crippen LogP contribution in [-0.2, 0) is 7.05 Å². The van der Waals surface area contributed by atoms with Crippen LogP contribution in [-0.4, -0.2) is 60.8 Å². The van der Waals surface area contributed by atoms with E-state index in [0.29, 0.717) is 5.78 Å². The van der Waals surface area contributed by atoms with Crippen LogP contribution in [0.3, 0.4) is 0 Å². The van der Waals surface area contributed by atoms with Crippen LogP contribution in [0.4, 0.5) is 11.9 Å². The molecule has 1 fully saturated rings. The first kappa shape index (κ1) is 18.6. The van der Waals surface area contributed by atoms with Crippen molar-refractivity contribution in [2.24, 2.45) is 7.05 Å². The van der Waals surface area contributed by atoms with Crippen LogP contribution in [0.1, 0.15) is 55.6 Å². The molecule has 1 aliphatic rings. The van der Waals surface area contributed by atoms with E-state index in [4.69, 9.17) is 15.0 Å². The first-order valence-electron chi connectivity index (χ1n) is 10.0. The minimum atomic E-state index is -0.0832. The number of anilines is 2. The van der Waals surface area contributed by atoms with Crippen molar-refractivity contribution >= 4 is 17.7 Å². The average Bonchev–Trinajstić information content (AvgIpc) is 3.40. The van der Waals surface area contributed by atoms with Gasteiger partial charge in [0, 0.05) is 39.4 Å². The second-order valence-corrected chi connectivity index (χ2v) is 7.62. The highest BCUT2D eigenvalue weighted by Gasteiger charge is 2.25. The summed E-state index contributed by atoms with van der Waals surface area (Å²) in [5, 5.41) is 4.64. The summed E-state index contributed by atoms with van der Waals surface area (Å²) in [6.45, 7) is 11.2. The lowest BCUT2D eigenvalue weighted by atomic mass is 10.1. The number of imidazole rings is 1. The minimum absolute atomic E-state index is 0.0832. The molecule has 0 spiro atoms. The summed E-state index contributed by atoms with van der Waals surface area (Å²) in [5.74, 6) is 3.85. The minimum Gasteiger partial charge on any atom is -0.345 e. The Balaban J connectivity index is 1.78. The van der Waals surface area contributed by atoms with E-state index >= 15 is 0 Å². The Kier molecular flexibility index (Phi) is 4.68. The largest absolute Gasteiger partial charge is 0.345 e. The summed E-state index contributed by atoms with van der Waals surface area (Å²) in [6.07, 6.45) is 2.41. The van der Waals surface area contributed by atoms with Crippen LogP contribution in [0.25, 0.3) is 5.78 Å². The summed E-state index contributed by atoms with van der Waals surface area (Å²) in [6, 6.07) is 0.